The van der Waals surface area contributed by atoms with E-state index in [0.717, 1.165) is 5.75 Å². The van der Waals surface area contributed by atoms with E-state index in [0.29, 0.717) is 29.5 Å². The van der Waals surface area contributed by atoms with Crippen LogP contribution in [0, 0.1) is 0 Å². The van der Waals surface area contributed by atoms with Crippen LogP contribution in [-0.2, 0) is 4.79 Å². The molecule has 0 unspecified atom stereocenters. The molecule has 0 aromatic heterocycles. The van der Waals surface area contributed by atoms with Crippen molar-refractivity contribution >= 4 is 23.4 Å². The minimum Gasteiger partial charge on any atom is -0.497 e. The molecule has 1 N–H and O–H groups in total. The summed E-state index contributed by atoms with van der Waals surface area (Å²) >= 11 is 5.98. The van der Waals surface area contributed by atoms with E-state index in [-0.39, 0.29) is 24.8 Å². The third kappa shape index (κ3) is 6.49. The molecule has 0 bridgehead atoms. The van der Waals surface area contributed by atoms with Gasteiger partial charge < -0.3 is 19.7 Å². The van der Waals surface area contributed by atoms with Crippen molar-refractivity contribution in [1.82, 2.24) is 10.2 Å². The minimum atomic E-state index is -0.293. The Hall–Kier alpha value is -2.73. The average molecular weight is 391 g/mol. The van der Waals surface area contributed by atoms with Crippen LogP contribution in [0.5, 0.6) is 11.5 Å². The van der Waals surface area contributed by atoms with E-state index >= 15 is 0 Å². The standard InChI is InChI=1S/C20H23ClN2O4/c1-23(13-14-27-16-9-7-15(26-2)8-10-16)19(24)11-12-22-20(25)17-5-3-4-6-18(17)21/h3-10H,11-14H2,1-2H3,(H,22,25). The highest BCUT2D eigenvalue weighted by molar-refractivity contribution is 6.33. The number of nitrogens with one attached hydrogen (secondary N) is 1. The Balaban J connectivity index is 1.67. The Morgan fingerprint density at radius 2 is 1.74 bits per heavy atom. The van der Waals surface area contributed by atoms with Gasteiger partial charge >= 0.3 is 0 Å². The van der Waals surface area contributed by atoms with E-state index < -0.39 is 0 Å². The summed E-state index contributed by atoms with van der Waals surface area (Å²) < 4.78 is 10.7. The maximum atomic E-state index is 12.1. The van der Waals surface area contributed by atoms with Crippen molar-refractivity contribution in [2.75, 3.05) is 33.9 Å². The number of rotatable bonds is 9. The van der Waals surface area contributed by atoms with Crippen LogP contribution in [0.2, 0.25) is 5.02 Å². The minimum absolute atomic E-state index is 0.0761. The van der Waals surface area contributed by atoms with Gasteiger partial charge in [-0.25, -0.2) is 0 Å². The van der Waals surface area contributed by atoms with E-state index in [4.69, 9.17) is 21.1 Å². The molecule has 0 aliphatic rings. The Morgan fingerprint density at radius 3 is 2.41 bits per heavy atom. The molecular formula is C20H23ClN2O4. The lowest BCUT2D eigenvalue weighted by atomic mass is 10.2. The van der Waals surface area contributed by atoms with E-state index in [1.54, 1.807) is 43.3 Å². The SMILES string of the molecule is COc1ccc(OCCN(C)C(=O)CCNC(=O)c2ccccc2Cl)cc1. The summed E-state index contributed by atoms with van der Waals surface area (Å²) in [4.78, 5) is 25.7. The molecule has 0 radical (unpaired) electrons. The molecule has 0 saturated carbocycles. The lowest BCUT2D eigenvalue weighted by Gasteiger charge is -2.18. The van der Waals surface area contributed by atoms with Crippen LogP contribution in [0.15, 0.2) is 48.5 Å². The van der Waals surface area contributed by atoms with Gasteiger partial charge in [-0.1, -0.05) is 23.7 Å². The lowest BCUT2D eigenvalue weighted by Crippen LogP contribution is -2.34. The fourth-order valence-corrected chi connectivity index (χ4v) is 2.53. The molecule has 7 heteroatoms. The summed E-state index contributed by atoms with van der Waals surface area (Å²) in [5.74, 6) is 1.10. The van der Waals surface area contributed by atoms with Crippen molar-refractivity contribution in [1.29, 1.82) is 0 Å². The molecule has 6 nitrogen and oxygen atoms in total. The smallest absolute Gasteiger partial charge is 0.252 e. The lowest BCUT2D eigenvalue weighted by molar-refractivity contribution is -0.130. The second-order valence-electron chi connectivity index (χ2n) is 5.83. The summed E-state index contributed by atoms with van der Waals surface area (Å²) in [5.41, 5.74) is 0.396. The number of ether oxygens (including phenoxy) is 2. The summed E-state index contributed by atoms with van der Waals surface area (Å²) in [6.45, 7) is 1.07. The highest BCUT2D eigenvalue weighted by atomic mass is 35.5. The third-order valence-electron chi connectivity index (χ3n) is 3.92. The van der Waals surface area contributed by atoms with E-state index in [2.05, 4.69) is 5.32 Å². The van der Waals surface area contributed by atoms with Gasteiger partial charge in [0.1, 0.15) is 18.1 Å². The largest absolute Gasteiger partial charge is 0.497 e. The molecule has 0 saturated heterocycles. The van der Waals surface area contributed by atoms with Crippen LogP contribution in [-0.4, -0.2) is 50.6 Å². The first kappa shape index (κ1) is 20.6. The van der Waals surface area contributed by atoms with E-state index in [9.17, 15) is 9.59 Å². The second-order valence-corrected chi connectivity index (χ2v) is 6.23. The molecule has 2 aromatic rings. The molecule has 2 rings (SSSR count). The zero-order valence-corrected chi connectivity index (χ0v) is 16.2. The quantitative estimate of drug-likeness (QED) is 0.714. The van der Waals surface area contributed by atoms with E-state index in [1.807, 2.05) is 24.3 Å². The highest BCUT2D eigenvalue weighted by Crippen LogP contribution is 2.17. The summed E-state index contributed by atoms with van der Waals surface area (Å²) in [7, 11) is 3.31. The molecular weight excluding hydrogens is 368 g/mol. The number of hydrogen-bond donors (Lipinski definition) is 1. The summed E-state index contributed by atoms with van der Waals surface area (Å²) in [5, 5.41) is 3.09. The van der Waals surface area contributed by atoms with Crippen LogP contribution in [0.25, 0.3) is 0 Å². The summed E-state index contributed by atoms with van der Waals surface area (Å²) in [6, 6.07) is 14.0. The van der Waals surface area contributed by atoms with Gasteiger partial charge in [0.2, 0.25) is 5.91 Å². The molecule has 0 atom stereocenters. The normalized spacial score (nSPS) is 10.2. The molecule has 0 fully saturated rings. The predicted molar refractivity (Wildman–Crippen MR) is 105 cm³/mol. The molecule has 0 heterocycles. The van der Waals surface area contributed by atoms with Crippen LogP contribution >= 0.6 is 11.6 Å². The van der Waals surface area contributed by atoms with Gasteiger partial charge in [-0.2, -0.15) is 0 Å². The van der Waals surface area contributed by atoms with Crippen molar-refractivity contribution in [3.05, 3.63) is 59.1 Å². The van der Waals surface area contributed by atoms with Gasteiger partial charge in [0, 0.05) is 20.0 Å². The maximum absolute atomic E-state index is 12.1. The topological polar surface area (TPSA) is 67.9 Å². The van der Waals surface area contributed by atoms with Crippen molar-refractivity contribution in [3.63, 3.8) is 0 Å². The van der Waals surface area contributed by atoms with Gasteiger partial charge in [0.15, 0.2) is 0 Å². The van der Waals surface area contributed by atoms with Crippen molar-refractivity contribution in [3.8, 4) is 11.5 Å². The number of carbonyl (C=O) groups excluding carboxylic acids is 2. The molecule has 0 aliphatic carbocycles. The fraction of sp³-hybridized carbons (Fsp3) is 0.300. The number of nitrogens with zero attached hydrogens (tertiary/aromatic N) is 1. The molecule has 27 heavy (non-hydrogen) atoms. The van der Waals surface area contributed by atoms with Crippen LogP contribution in [0.4, 0.5) is 0 Å². The maximum Gasteiger partial charge on any atom is 0.252 e. The predicted octanol–water partition coefficient (Wildman–Crippen LogP) is 3.01. The molecule has 0 aliphatic heterocycles. The monoisotopic (exact) mass is 390 g/mol. The van der Waals surface area contributed by atoms with Crippen LogP contribution in [0.3, 0.4) is 0 Å². The highest BCUT2D eigenvalue weighted by Gasteiger charge is 2.12. The van der Waals surface area contributed by atoms with Crippen molar-refractivity contribution in [2.24, 2.45) is 0 Å². The number of carbonyl (C=O) groups is 2. The molecule has 144 valence electrons. The van der Waals surface area contributed by atoms with Crippen LogP contribution in [0.1, 0.15) is 16.8 Å². The first-order valence-corrected chi connectivity index (χ1v) is 8.92. The Bertz CT molecular complexity index is 765. The Morgan fingerprint density at radius 1 is 1.07 bits per heavy atom. The van der Waals surface area contributed by atoms with Crippen molar-refractivity contribution in [2.45, 2.75) is 6.42 Å². The number of benzene rings is 2. The Labute approximate surface area is 164 Å². The van der Waals surface area contributed by atoms with Gasteiger partial charge in [-0.3, -0.25) is 9.59 Å². The molecule has 0 spiro atoms. The number of likely N-dealkylation sites (N-methyl/N-ethyl adjacent to an activating group) is 1. The van der Waals surface area contributed by atoms with Gasteiger partial charge in [-0.15, -0.1) is 0 Å². The summed E-state index contributed by atoms with van der Waals surface area (Å²) in [6.07, 6.45) is 0.204. The molecule has 2 aromatic carbocycles. The second kappa shape index (κ2) is 10.4. The number of hydrogen-bond acceptors (Lipinski definition) is 4. The number of amides is 2. The fourth-order valence-electron chi connectivity index (χ4n) is 2.31. The zero-order valence-electron chi connectivity index (χ0n) is 15.4. The zero-order chi connectivity index (χ0) is 19.6. The van der Waals surface area contributed by atoms with Gasteiger partial charge in [0.25, 0.3) is 5.91 Å². The van der Waals surface area contributed by atoms with Gasteiger partial charge in [-0.05, 0) is 36.4 Å². The first-order chi connectivity index (χ1) is 13.0. The van der Waals surface area contributed by atoms with E-state index in [1.165, 1.54) is 0 Å². The third-order valence-corrected chi connectivity index (χ3v) is 4.25. The van der Waals surface area contributed by atoms with Gasteiger partial charge in [0.05, 0.1) is 24.2 Å². The Kier molecular flexibility index (Phi) is 7.95. The average Bonchev–Trinajstić information content (AvgIpc) is 2.68. The molecule has 2 amide bonds. The number of halogens is 1. The number of methoxy groups -OCH3 is 1. The van der Waals surface area contributed by atoms with Crippen LogP contribution < -0.4 is 14.8 Å². The first-order valence-electron chi connectivity index (χ1n) is 8.55. The van der Waals surface area contributed by atoms with Crippen molar-refractivity contribution < 1.29 is 19.1 Å².